The van der Waals surface area contributed by atoms with Gasteiger partial charge in [0.15, 0.2) is 6.04 Å². The number of amides is 4. The number of imide groups is 1. The molecule has 0 radical (unpaired) electrons. The van der Waals surface area contributed by atoms with Crippen molar-refractivity contribution in [1.82, 2.24) is 15.1 Å². The lowest BCUT2D eigenvalue weighted by molar-refractivity contribution is -0.146. The summed E-state index contributed by atoms with van der Waals surface area (Å²) >= 11 is 0. The molecule has 0 bridgehead atoms. The van der Waals surface area contributed by atoms with Crippen LogP contribution in [0, 0.1) is 0 Å². The number of carbonyl (C=O) groups excluding carboxylic acids is 5. The van der Waals surface area contributed by atoms with E-state index in [2.05, 4.69) is 5.32 Å². The topological polar surface area (TPSA) is 139 Å². The molecule has 0 aliphatic carbocycles. The predicted octanol–water partition coefficient (Wildman–Crippen LogP) is 1.92. The van der Waals surface area contributed by atoms with Gasteiger partial charge in [0.25, 0.3) is 17.7 Å². The fourth-order valence-corrected chi connectivity index (χ4v) is 3.84. The number of furan rings is 2. The van der Waals surface area contributed by atoms with Gasteiger partial charge in [0.05, 0.1) is 36.8 Å². The van der Waals surface area contributed by atoms with E-state index in [1.165, 1.54) is 30.7 Å². The number of carbonyl (C=O) groups is 5. The number of hydrogen-bond donors (Lipinski definition) is 1. The van der Waals surface area contributed by atoms with E-state index in [0.29, 0.717) is 5.76 Å². The van der Waals surface area contributed by atoms with E-state index in [0.717, 1.165) is 9.80 Å². The van der Waals surface area contributed by atoms with Crippen molar-refractivity contribution in [3.05, 3.63) is 83.7 Å². The molecule has 3 heterocycles. The zero-order chi connectivity index (χ0) is 25.7. The quantitative estimate of drug-likeness (QED) is 0.334. The molecule has 1 N–H and O–H groups in total. The number of esters is 1. The molecular formula is C25H23N3O8. The Morgan fingerprint density at radius 1 is 0.972 bits per heavy atom. The van der Waals surface area contributed by atoms with Crippen LogP contribution < -0.4 is 5.32 Å². The standard InChI is InChI=1S/C25H23N3O8/c1-2-34-21(30)13-26-23(31)22(19-10-6-12-36-19)27(14-16-7-5-11-35-16)20(29)15-28-24(32)17-8-3-4-9-18(17)25(28)33/h3-12,22H,2,13-15H2,1H3,(H,26,31)/t22-/m0/s1. The summed E-state index contributed by atoms with van der Waals surface area (Å²) < 4.78 is 15.7. The summed E-state index contributed by atoms with van der Waals surface area (Å²) in [6.07, 6.45) is 2.74. The van der Waals surface area contributed by atoms with E-state index >= 15 is 0 Å². The fourth-order valence-electron chi connectivity index (χ4n) is 3.84. The van der Waals surface area contributed by atoms with Gasteiger partial charge >= 0.3 is 5.97 Å². The molecule has 1 aromatic carbocycles. The maximum absolute atomic E-state index is 13.6. The molecule has 36 heavy (non-hydrogen) atoms. The number of nitrogens with zero attached hydrogens (tertiary/aromatic N) is 2. The molecule has 1 aliphatic heterocycles. The van der Waals surface area contributed by atoms with E-state index in [1.54, 1.807) is 37.3 Å². The van der Waals surface area contributed by atoms with Crippen LogP contribution in [0.1, 0.15) is 45.2 Å². The Labute approximate surface area is 205 Å². The van der Waals surface area contributed by atoms with Crippen LogP contribution in [-0.4, -0.2) is 59.1 Å². The van der Waals surface area contributed by atoms with Gasteiger partial charge in [0, 0.05) is 0 Å². The molecule has 0 unspecified atom stereocenters. The van der Waals surface area contributed by atoms with Crippen LogP contribution in [0.2, 0.25) is 0 Å². The molecule has 4 rings (SSSR count). The summed E-state index contributed by atoms with van der Waals surface area (Å²) in [5, 5.41) is 2.45. The highest BCUT2D eigenvalue weighted by atomic mass is 16.5. The molecular weight excluding hydrogens is 470 g/mol. The van der Waals surface area contributed by atoms with Gasteiger partial charge in [0.2, 0.25) is 5.91 Å². The smallest absolute Gasteiger partial charge is 0.325 e. The zero-order valence-corrected chi connectivity index (χ0v) is 19.3. The summed E-state index contributed by atoms with van der Waals surface area (Å²) in [7, 11) is 0. The van der Waals surface area contributed by atoms with E-state index < -0.39 is 48.7 Å². The van der Waals surface area contributed by atoms with Crippen LogP contribution in [0.3, 0.4) is 0 Å². The Morgan fingerprint density at radius 2 is 1.64 bits per heavy atom. The van der Waals surface area contributed by atoms with Crippen molar-refractivity contribution < 1.29 is 37.5 Å². The van der Waals surface area contributed by atoms with Crippen molar-refractivity contribution in [1.29, 1.82) is 0 Å². The SMILES string of the molecule is CCOC(=O)CNC(=O)[C@H](c1ccco1)N(Cc1ccco1)C(=O)CN1C(=O)c2ccccc2C1=O. The maximum atomic E-state index is 13.6. The van der Waals surface area contributed by atoms with Crippen LogP contribution in [0.4, 0.5) is 0 Å². The van der Waals surface area contributed by atoms with Crippen LogP contribution in [0.25, 0.3) is 0 Å². The van der Waals surface area contributed by atoms with Crippen molar-refractivity contribution in [2.45, 2.75) is 19.5 Å². The van der Waals surface area contributed by atoms with E-state index in [1.807, 2.05) is 0 Å². The fraction of sp³-hybridized carbons (Fsp3) is 0.240. The molecule has 11 nitrogen and oxygen atoms in total. The number of fused-ring (bicyclic) bond motifs is 1. The molecule has 2 aromatic heterocycles. The molecule has 11 heteroatoms. The normalized spacial score (nSPS) is 13.3. The van der Waals surface area contributed by atoms with E-state index in [4.69, 9.17) is 13.6 Å². The number of nitrogens with one attached hydrogen (secondary N) is 1. The number of rotatable bonds is 10. The third kappa shape index (κ3) is 5.04. The van der Waals surface area contributed by atoms with Crippen molar-refractivity contribution in [2.24, 2.45) is 0 Å². The van der Waals surface area contributed by atoms with Crippen molar-refractivity contribution in [2.75, 3.05) is 19.7 Å². The largest absolute Gasteiger partial charge is 0.467 e. The molecule has 0 saturated carbocycles. The number of hydrogen-bond acceptors (Lipinski definition) is 8. The van der Waals surface area contributed by atoms with Crippen molar-refractivity contribution in [3.63, 3.8) is 0 Å². The molecule has 186 valence electrons. The summed E-state index contributed by atoms with van der Waals surface area (Å²) in [6.45, 7) is 0.557. The first-order valence-electron chi connectivity index (χ1n) is 11.1. The van der Waals surface area contributed by atoms with Crippen LogP contribution >= 0.6 is 0 Å². The molecule has 0 saturated heterocycles. The molecule has 0 fully saturated rings. The zero-order valence-electron chi connectivity index (χ0n) is 19.3. The minimum Gasteiger partial charge on any atom is -0.467 e. The lowest BCUT2D eigenvalue weighted by Crippen LogP contribution is -2.48. The Morgan fingerprint density at radius 3 is 2.22 bits per heavy atom. The Bertz CT molecular complexity index is 1230. The second kappa shape index (κ2) is 10.7. The van der Waals surface area contributed by atoms with Crippen molar-refractivity contribution >= 4 is 29.6 Å². The first kappa shape index (κ1) is 24.5. The third-order valence-electron chi connectivity index (χ3n) is 5.48. The average molecular weight is 493 g/mol. The van der Waals surface area contributed by atoms with Gasteiger partial charge in [-0.2, -0.15) is 0 Å². The van der Waals surface area contributed by atoms with Gasteiger partial charge in [-0.05, 0) is 43.3 Å². The van der Waals surface area contributed by atoms with Gasteiger partial charge in [-0.3, -0.25) is 28.9 Å². The van der Waals surface area contributed by atoms with Crippen LogP contribution in [0.5, 0.6) is 0 Å². The highest BCUT2D eigenvalue weighted by molar-refractivity contribution is 6.22. The van der Waals surface area contributed by atoms with Crippen LogP contribution in [0.15, 0.2) is 69.9 Å². The summed E-state index contributed by atoms with van der Waals surface area (Å²) in [5.74, 6) is -2.85. The highest BCUT2D eigenvalue weighted by Gasteiger charge is 2.40. The summed E-state index contributed by atoms with van der Waals surface area (Å²) in [5.41, 5.74) is 0.394. The average Bonchev–Trinajstić information content (AvgIpc) is 3.63. The monoisotopic (exact) mass is 493 g/mol. The molecule has 3 aromatic rings. The minimum absolute atomic E-state index is 0.110. The van der Waals surface area contributed by atoms with Gasteiger partial charge in [-0.25, -0.2) is 0 Å². The number of ether oxygens (including phenoxy) is 1. The molecule has 1 atom stereocenters. The predicted molar refractivity (Wildman–Crippen MR) is 122 cm³/mol. The maximum Gasteiger partial charge on any atom is 0.325 e. The van der Waals surface area contributed by atoms with E-state index in [9.17, 15) is 24.0 Å². The van der Waals surface area contributed by atoms with Crippen molar-refractivity contribution in [3.8, 4) is 0 Å². The second-order valence-electron chi connectivity index (χ2n) is 7.78. The van der Waals surface area contributed by atoms with E-state index in [-0.39, 0.29) is 30.0 Å². The summed E-state index contributed by atoms with van der Waals surface area (Å²) in [6, 6.07) is 11.2. The third-order valence-corrected chi connectivity index (χ3v) is 5.48. The van der Waals surface area contributed by atoms with Crippen LogP contribution in [-0.2, 0) is 25.7 Å². The highest BCUT2D eigenvalue weighted by Crippen LogP contribution is 2.27. The molecule has 0 spiro atoms. The van der Waals surface area contributed by atoms with Gasteiger partial charge in [-0.1, -0.05) is 12.1 Å². The molecule has 1 aliphatic rings. The number of benzene rings is 1. The first-order valence-corrected chi connectivity index (χ1v) is 11.1. The lowest BCUT2D eigenvalue weighted by Gasteiger charge is -2.30. The summed E-state index contributed by atoms with van der Waals surface area (Å²) in [4.78, 5) is 66.2. The second-order valence-corrected chi connectivity index (χ2v) is 7.78. The Hall–Kier alpha value is -4.67. The first-order chi connectivity index (χ1) is 17.4. The lowest BCUT2D eigenvalue weighted by atomic mass is 10.1. The minimum atomic E-state index is -1.33. The Kier molecular flexibility index (Phi) is 7.28. The van der Waals surface area contributed by atoms with Gasteiger partial charge in [-0.15, -0.1) is 0 Å². The van der Waals surface area contributed by atoms with Gasteiger partial charge in [0.1, 0.15) is 24.6 Å². The molecule has 4 amide bonds. The van der Waals surface area contributed by atoms with Gasteiger partial charge < -0.3 is 23.8 Å². The Balaban J connectivity index is 1.62.